The Morgan fingerprint density at radius 3 is 2.39 bits per heavy atom. The smallest absolute Gasteiger partial charge is 0.331 e. The van der Waals surface area contributed by atoms with Gasteiger partial charge in [0.05, 0.1) is 0 Å². The highest BCUT2D eigenvalue weighted by Gasteiger charge is 2.63. The number of Topliss-reactive ketones (excluding diaryl/α,β-unsaturated/α-hetero) is 1. The van der Waals surface area contributed by atoms with Crippen molar-refractivity contribution in [1.29, 1.82) is 0 Å². The first-order chi connectivity index (χ1) is 8.04. The average molecular weight is 255 g/mol. The molecule has 4 N–H and O–H groups in total. The van der Waals surface area contributed by atoms with Crippen molar-refractivity contribution in [3.8, 4) is 0 Å². The summed E-state index contributed by atoms with van der Waals surface area (Å²) in [6, 6.07) is 0. The molecule has 4 unspecified atom stereocenters. The Kier molecular flexibility index (Phi) is 2.63. The number of rotatable bonds is 3. The first kappa shape index (κ1) is 13.5. The van der Waals surface area contributed by atoms with Gasteiger partial charge in [0.25, 0.3) is 0 Å². The van der Waals surface area contributed by atoms with Gasteiger partial charge < -0.3 is 10.8 Å². The Bertz CT molecular complexity index is 417. The fraction of sp³-hybridized carbons (Fsp3) is 0.833. The number of hydrogen-bond donors (Lipinski definition) is 3. The van der Waals surface area contributed by atoms with Crippen molar-refractivity contribution < 1.29 is 14.7 Å². The van der Waals surface area contributed by atoms with Crippen LogP contribution in [-0.2, 0) is 9.59 Å². The normalized spacial score (nSPS) is 40.5. The molecule has 6 nitrogen and oxygen atoms in total. The average Bonchev–Trinajstić information content (AvgIpc) is 2.27. The molecule has 0 amide bonds. The third-order valence-corrected chi connectivity index (χ3v) is 4.69. The number of carboxylic acid groups (broad SMARTS) is 1. The molecule has 18 heavy (non-hydrogen) atoms. The SMILES string of the molecule is CC(N)(C(=O)O)C(=O)C1(C)NCC2CN1C2(C)C. The van der Waals surface area contributed by atoms with Gasteiger partial charge in [0.15, 0.2) is 11.3 Å². The van der Waals surface area contributed by atoms with Crippen molar-refractivity contribution >= 4 is 11.8 Å². The van der Waals surface area contributed by atoms with Gasteiger partial charge >= 0.3 is 5.97 Å². The Morgan fingerprint density at radius 2 is 2.00 bits per heavy atom. The molecule has 0 aromatic heterocycles. The number of carbonyl (C=O) groups is 2. The molecule has 6 heteroatoms. The minimum atomic E-state index is -1.87. The predicted molar refractivity (Wildman–Crippen MR) is 65.9 cm³/mol. The molecule has 0 aromatic carbocycles. The number of aliphatic carboxylic acids is 1. The molecule has 3 aliphatic heterocycles. The molecular weight excluding hydrogens is 234 g/mol. The van der Waals surface area contributed by atoms with E-state index in [0.29, 0.717) is 12.5 Å². The Balaban J connectivity index is 2.33. The van der Waals surface area contributed by atoms with Crippen molar-refractivity contribution in [1.82, 2.24) is 10.2 Å². The minimum Gasteiger partial charge on any atom is -0.480 e. The van der Waals surface area contributed by atoms with Gasteiger partial charge in [-0.2, -0.15) is 0 Å². The quantitative estimate of drug-likeness (QED) is 0.582. The lowest BCUT2D eigenvalue weighted by atomic mass is 9.69. The summed E-state index contributed by atoms with van der Waals surface area (Å²) in [6.45, 7) is 8.63. The molecule has 3 saturated heterocycles. The van der Waals surface area contributed by atoms with E-state index in [4.69, 9.17) is 10.8 Å². The summed E-state index contributed by atoms with van der Waals surface area (Å²) < 4.78 is 0. The monoisotopic (exact) mass is 255 g/mol. The maximum atomic E-state index is 12.5. The highest BCUT2D eigenvalue weighted by molar-refractivity contribution is 6.11. The first-order valence-electron chi connectivity index (χ1n) is 6.14. The second-order valence-corrected chi connectivity index (χ2v) is 6.25. The van der Waals surface area contributed by atoms with Crippen LogP contribution < -0.4 is 11.1 Å². The van der Waals surface area contributed by atoms with E-state index in [2.05, 4.69) is 19.2 Å². The molecule has 0 saturated carbocycles. The number of ketones is 1. The molecule has 0 aliphatic carbocycles. The van der Waals surface area contributed by atoms with Gasteiger partial charge in [-0.3, -0.25) is 15.0 Å². The summed E-state index contributed by atoms with van der Waals surface area (Å²) in [5, 5.41) is 12.2. The van der Waals surface area contributed by atoms with Crippen molar-refractivity contribution in [2.24, 2.45) is 11.7 Å². The van der Waals surface area contributed by atoms with Crippen LogP contribution in [0.4, 0.5) is 0 Å². The van der Waals surface area contributed by atoms with E-state index in [1.807, 2.05) is 4.90 Å². The van der Waals surface area contributed by atoms with Gasteiger partial charge in [0.2, 0.25) is 0 Å². The van der Waals surface area contributed by atoms with Gasteiger partial charge in [-0.05, 0) is 27.7 Å². The fourth-order valence-corrected chi connectivity index (χ4v) is 3.08. The molecular formula is C12H21N3O3. The zero-order valence-corrected chi connectivity index (χ0v) is 11.3. The summed E-state index contributed by atoms with van der Waals surface area (Å²) >= 11 is 0. The van der Waals surface area contributed by atoms with Crippen LogP contribution in [0.3, 0.4) is 0 Å². The van der Waals surface area contributed by atoms with Crippen LogP contribution in [0.15, 0.2) is 0 Å². The number of carboxylic acids is 1. The maximum absolute atomic E-state index is 12.5. The van der Waals surface area contributed by atoms with Crippen LogP contribution in [-0.4, -0.2) is 51.6 Å². The summed E-state index contributed by atoms with van der Waals surface area (Å²) in [4.78, 5) is 25.6. The highest BCUT2D eigenvalue weighted by atomic mass is 16.4. The molecule has 3 aliphatic rings. The lowest BCUT2D eigenvalue weighted by Crippen LogP contribution is -2.85. The van der Waals surface area contributed by atoms with Crippen LogP contribution in [0.2, 0.25) is 0 Å². The van der Waals surface area contributed by atoms with E-state index in [9.17, 15) is 9.59 Å². The molecule has 0 aromatic rings. The highest BCUT2D eigenvalue weighted by Crippen LogP contribution is 2.45. The summed E-state index contributed by atoms with van der Waals surface area (Å²) in [7, 11) is 0. The molecule has 3 fully saturated rings. The van der Waals surface area contributed by atoms with Crippen LogP contribution in [0.25, 0.3) is 0 Å². The third-order valence-electron chi connectivity index (χ3n) is 4.69. The van der Waals surface area contributed by atoms with Gasteiger partial charge in [-0.15, -0.1) is 0 Å². The molecule has 0 radical (unpaired) electrons. The lowest BCUT2D eigenvalue weighted by Gasteiger charge is -2.67. The molecule has 0 spiro atoms. The van der Waals surface area contributed by atoms with Crippen molar-refractivity contribution in [3.63, 3.8) is 0 Å². The summed E-state index contributed by atoms with van der Waals surface area (Å²) in [6.07, 6.45) is 0. The van der Waals surface area contributed by atoms with Crippen LogP contribution in [0.5, 0.6) is 0 Å². The molecule has 3 heterocycles. The van der Waals surface area contributed by atoms with E-state index in [1.54, 1.807) is 6.92 Å². The van der Waals surface area contributed by atoms with E-state index < -0.39 is 23.0 Å². The van der Waals surface area contributed by atoms with Gasteiger partial charge in [-0.25, -0.2) is 4.79 Å². The van der Waals surface area contributed by atoms with E-state index in [-0.39, 0.29) is 5.54 Å². The van der Waals surface area contributed by atoms with Crippen LogP contribution in [0, 0.1) is 5.92 Å². The van der Waals surface area contributed by atoms with Crippen molar-refractivity contribution in [3.05, 3.63) is 0 Å². The molecule has 4 atom stereocenters. The zero-order valence-electron chi connectivity index (χ0n) is 11.3. The van der Waals surface area contributed by atoms with Gasteiger partial charge in [-0.1, -0.05) is 0 Å². The standard InChI is InChI=1S/C12H21N3O3/c1-10(2)7-5-14-12(4,15(10)6-7)8(16)11(3,13)9(17)18/h7,14H,5-6,13H2,1-4H3,(H,17,18). The van der Waals surface area contributed by atoms with Gasteiger partial charge in [0.1, 0.15) is 5.66 Å². The molecule has 3 rings (SSSR count). The van der Waals surface area contributed by atoms with Crippen molar-refractivity contribution in [2.75, 3.05) is 13.1 Å². The van der Waals surface area contributed by atoms with E-state index in [0.717, 1.165) is 6.54 Å². The second kappa shape index (κ2) is 3.53. The molecule has 2 bridgehead atoms. The number of fused-ring (bicyclic) bond motifs is 2. The van der Waals surface area contributed by atoms with Crippen molar-refractivity contribution in [2.45, 2.75) is 44.4 Å². The number of carbonyl (C=O) groups excluding carboxylic acids is 1. The Hall–Kier alpha value is -0.980. The first-order valence-corrected chi connectivity index (χ1v) is 6.14. The predicted octanol–water partition coefficient (Wildman–Crippen LogP) is -0.613. The third kappa shape index (κ3) is 1.46. The second-order valence-electron chi connectivity index (χ2n) is 6.25. The fourth-order valence-electron chi connectivity index (χ4n) is 3.08. The van der Waals surface area contributed by atoms with E-state index in [1.165, 1.54) is 6.92 Å². The Morgan fingerprint density at radius 1 is 1.44 bits per heavy atom. The summed E-state index contributed by atoms with van der Waals surface area (Å²) in [5.74, 6) is -1.29. The zero-order chi connectivity index (χ0) is 13.9. The number of hydrogen-bond acceptors (Lipinski definition) is 5. The maximum Gasteiger partial charge on any atom is 0.331 e. The molecule has 102 valence electrons. The number of nitrogens with two attached hydrogens (primary N) is 1. The number of nitrogens with zero attached hydrogens (tertiary/aromatic N) is 1. The minimum absolute atomic E-state index is 0.0930. The largest absolute Gasteiger partial charge is 0.480 e. The topological polar surface area (TPSA) is 95.7 Å². The Labute approximate surface area is 107 Å². The van der Waals surface area contributed by atoms with E-state index >= 15 is 0 Å². The summed E-state index contributed by atoms with van der Waals surface area (Å²) in [5.41, 5.74) is 2.70. The van der Waals surface area contributed by atoms with Crippen LogP contribution >= 0.6 is 0 Å². The van der Waals surface area contributed by atoms with Gasteiger partial charge in [0, 0.05) is 24.5 Å². The lowest BCUT2D eigenvalue weighted by molar-refractivity contribution is -0.191. The van der Waals surface area contributed by atoms with Crippen LogP contribution in [0.1, 0.15) is 27.7 Å². The number of nitrogens with one attached hydrogen (secondary N) is 1.